The van der Waals surface area contributed by atoms with Gasteiger partial charge in [-0.2, -0.15) is 0 Å². The maximum absolute atomic E-state index is 11.9. The molecule has 1 saturated carbocycles. The van der Waals surface area contributed by atoms with Gasteiger partial charge in [0, 0.05) is 13.1 Å². The zero-order valence-electron chi connectivity index (χ0n) is 10.2. The quantitative estimate of drug-likeness (QED) is 0.727. The summed E-state index contributed by atoms with van der Waals surface area (Å²) < 4.78 is 0. The topological polar surface area (TPSA) is 75.4 Å². The molecule has 5 heteroatoms. The first-order chi connectivity index (χ1) is 8.12. The monoisotopic (exact) mass is 239 g/mol. The van der Waals surface area contributed by atoms with E-state index in [1.165, 1.54) is 0 Å². The van der Waals surface area contributed by atoms with E-state index in [-0.39, 0.29) is 18.4 Å². The highest BCUT2D eigenvalue weighted by Gasteiger charge is 2.37. The fourth-order valence-electron chi connectivity index (χ4n) is 2.64. The molecule has 5 nitrogen and oxygen atoms in total. The minimum atomic E-state index is -0.731. The zero-order chi connectivity index (χ0) is 12.3. The molecule has 1 saturated heterocycles. The van der Waals surface area contributed by atoms with Crippen molar-refractivity contribution in [2.75, 3.05) is 19.6 Å². The van der Waals surface area contributed by atoms with Gasteiger partial charge in [0.2, 0.25) is 11.8 Å². The summed E-state index contributed by atoms with van der Waals surface area (Å²) in [7, 11) is 0. The van der Waals surface area contributed by atoms with Crippen LogP contribution in [0.15, 0.2) is 0 Å². The highest BCUT2D eigenvalue weighted by molar-refractivity contribution is 5.90. The Morgan fingerprint density at radius 2 is 1.71 bits per heavy atom. The molecule has 0 aromatic heterocycles. The Balaban J connectivity index is 1.77. The highest BCUT2D eigenvalue weighted by atomic mass is 16.2. The predicted molar refractivity (Wildman–Crippen MR) is 64.2 cm³/mol. The van der Waals surface area contributed by atoms with E-state index in [1.807, 2.05) is 0 Å². The molecule has 2 rings (SSSR count). The third-order valence-corrected chi connectivity index (χ3v) is 3.81. The van der Waals surface area contributed by atoms with E-state index in [2.05, 4.69) is 5.32 Å². The van der Waals surface area contributed by atoms with Crippen molar-refractivity contribution < 1.29 is 9.59 Å². The number of rotatable bonds is 3. The van der Waals surface area contributed by atoms with Crippen molar-refractivity contribution in [3.63, 3.8) is 0 Å². The van der Waals surface area contributed by atoms with Crippen LogP contribution in [0.1, 0.15) is 38.5 Å². The molecule has 0 bridgehead atoms. The summed E-state index contributed by atoms with van der Waals surface area (Å²) in [4.78, 5) is 25.4. The number of hydrogen-bond donors (Lipinski definition) is 2. The van der Waals surface area contributed by atoms with E-state index in [0.717, 1.165) is 51.6 Å². The Morgan fingerprint density at radius 3 is 2.29 bits per heavy atom. The van der Waals surface area contributed by atoms with Crippen LogP contribution in [0.25, 0.3) is 0 Å². The second-order valence-electron chi connectivity index (χ2n) is 5.13. The summed E-state index contributed by atoms with van der Waals surface area (Å²) >= 11 is 0. The maximum atomic E-state index is 11.9. The Labute approximate surface area is 102 Å². The van der Waals surface area contributed by atoms with Gasteiger partial charge in [-0.05, 0) is 25.7 Å². The van der Waals surface area contributed by atoms with Crippen LogP contribution in [0, 0.1) is 0 Å². The fourth-order valence-corrected chi connectivity index (χ4v) is 2.64. The first-order valence-corrected chi connectivity index (χ1v) is 6.47. The van der Waals surface area contributed by atoms with Gasteiger partial charge < -0.3 is 16.0 Å². The van der Waals surface area contributed by atoms with Crippen LogP contribution in [-0.2, 0) is 9.59 Å². The van der Waals surface area contributed by atoms with Gasteiger partial charge in [0.15, 0.2) is 0 Å². The zero-order valence-corrected chi connectivity index (χ0v) is 10.2. The van der Waals surface area contributed by atoms with Crippen LogP contribution in [0.4, 0.5) is 0 Å². The SMILES string of the molecule is NC1(C(=O)NCC(=O)N2CCCC2)CCCC1. The minimum Gasteiger partial charge on any atom is -0.345 e. The maximum Gasteiger partial charge on any atom is 0.241 e. The molecule has 96 valence electrons. The molecule has 0 aromatic rings. The second kappa shape index (κ2) is 5.04. The Morgan fingerprint density at radius 1 is 1.12 bits per heavy atom. The molecule has 0 spiro atoms. The molecule has 1 aliphatic carbocycles. The van der Waals surface area contributed by atoms with Crippen LogP contribution in [0.2, 0.25) is 0 Å². The van der Waals surface area contributed by atoms with Gasteiger partial charge in [0.25, 0.3) is 0 Å². The molecule has 1 heterocycles. The fraction of sp³-hybridized carbons (Fsp3) is 0.833. The molecular formula is C12H21N3O2. The summed E-state index contributed by atoms with van der Waals surface area (Å²) in [5.41, 5.74) is 5.27. The summed E-state index contributed by atoms with van der Waals surface area (Å²) in [6, 6.07) is 0. The van der Waals surface area contributed by atoms with Gasteiger partial charge in [-0.1, -0.05) is 12.8 Å². The number of likely N-dealkylation sites (tertiary alicyclic amines) is 1. The molecule has 17 heavy (non-hydrogen) atoms. The van der Waals surface area contributed by atoms with E-state index in [4.69, 9.17) is 5.73 Å². The summed E-state index contributed by atoms with van der Waals surface area (Å²) in [6.45, 7) is 1.74. The average molecular weight is 239 g/mol. The predicted octanol–water partition coefficient (Wildman–Crippen LogP) is -0.00350. The number of carbonyl (C=O) groups excluding carboxylic acids is 2. The van der Waals surface area contributed by atoms with E-state index in [9.17, 15) is 9.59 Å². The third-order valence-electron chi connectivity index (χ3n) is 3.81. The smallest absolute Gasteiger partial charge is 0.241 e. The molecule has 2 fully saturated rings. The summed E-state index contributed by atoms with van der Waals surface area (Å²) in [5, 5.41) is 2.69. The molecule has 3 N–H and O–H groups in total. The third kappa shape index (κ3) is 2.77. The van der Waals surface area contributed by atoms with E-state index in [0.29, 0.717) is 0 Å². The number of nitrogens with zero attached hydrogens (tertiary/aromatic N) is 1. The van der Waals surface area contributed by atoms with Crippen LogP contribution < -0.4 is 11.1 Å². The van der Waals surface area contributed by atoms with E-state index >= 15 is 0 Å². The van der Waals surface area contributed by atoms with Crippen LogP contribution >= 0.6 is 0 Å². The number of nitrogens with one attached hydrogen (secondary N) is 1. The van der Waals surface area contributed by atoms with Crippen molar-refractivity contribution in [3.05, 3.63) is 0 Å². The van der Waals surface area contributed by atoms with E-state index < -0.39 is 5.54 Å². The van der Waals surface area contributed by atoms with Crippen molar-refractivity contribution >= 4 is 11.8 Å². The van der Waals surface area contributed by atoms with Crippen molar-refractivity contribution in [2.24, 2.45) is 5.73 Å². The number of carbonyl (C=O) groups is 2. The standard InChI is InChI=1S/C12H21N3O2/c13-12(5-1-2-6-12)11(17)14-9-10(16)15-7-3-4-8-15/h1-9,13H2,(H,14,17). The molecule has 0 aromatic carbocycles. The van der Waals surface area contributed by atoms with Crippen LogP contribution in [-0.4, -0.2) is 41.9 Å². The molecule has 1 aliphatic heterocycles. The van der Waals surface area contributed by atoms with Crippen molar-refractivity contribution in [1.29, 1.82) is 0 Å². The Kier molecular flexibility index (Phi) is 3.66. The normalized spacial score (nSPS) is 22.8. The lowest BCUT2D eigenvalue weighted by atomic mass is 9.98. The van der Waals surface area contributed by atoms with Gasteiger partial charge in [-0.15, -0.1) is 0 Å². The first-order valence-electron chi connectivity index (χ1n) is 6.47. The lowest BCUT2D eigenvalue weighted by Crippen LogP contribution is -2.53. The number of hydrogen-bond acceptors (Lipinski definition) is 3. The van der Waals surface area contributed by atoms with E-state index in [1.54, 1.807) is 4.90 Å². The molecule has 2 aliphatic rings. The average Bonchev–Trinajstić information content (AvgIpc) is 2.96. The number of nitrogens with two attached hydrogens (primary N) is 1. The van der Waals surface area contributed by atoms with Crippen molar-refractivity contribution in [2.45, 2.75) is 44.1 Å². The van der Waals surface area contributed by atoms with Crippen molar-refractivity contribution in [1.82, 2.24) is 10.2 Å². The first kappa shape index (κ1) is 12.4. The van der Waals surface area contributed by atoms with Crippen LogP contribution in [0.5, 0.6) is 0 Å². The summed E-state index contributed by atoms with van der Waals surface area (Å²) in [6.07, 6.45) is 5.61. The molecular weight excluding hydrogens is 218 g/mol. The number of amides is 2. The molecule has 0 unspecified atom stereocenters. The molecule has 0 atom stereocenters. The minimum absolute atomic E-state index is 0.0115. The Bertz CT molecular complexity index is 305. The van der Waals surface area contributed by atoms with Crippen LogP contribution in [0.3, 0.4) is 0 Å². The molecule has 0 radical (unpaired) electrons. The van der Waals surface area contributed by atoms with Gasteiger partial charge >= 0.3 is 0 Å². The van der Waals surface area contributed by atoms with Gasteiger partial charge in [-0.3, -0.25) is 9.59 Å². The Hall–Kier alpha value is -1.10. The largest absolute Gasteiger partial charge is 0.345 e. The van der Waals surface area contributed by atoms with Crippen molar-refractivity contribution in [3.8, 4) is 0 Å². The van der Waals surface area contributed by atoms with Gasteiger partial charge in [0.1, 0.15) is 0 Å². The lowest BCUT2D eigenvalue weighted by molar-refractivity contribution is -0.133. The lowest BCUT2D eigenvalue weighted by Gasteiger charge is -2.23. The summed E-state index contributed by atoms with van der Waals surface area (Å²) in [5.74, 6) is -0.153. The van der Waals surface area contributed by atoms with Gasteiger partial charge in [-0.25, -0.2) is 0 Å². The second-order valence-corrected chi connectivity index (χ2v) is 5.13. The molecule has 2 amide bonds. The van der Waals surface area contributed by atoms with Gasteiger partial charge in [0.05, 0.1) is 12.1 Å². The highest BCUT2D eigenvalue weighted by Crippen LogP contribution is 2.27.